The molecule has 22 heavy (non-hydrogen) atoms. The number of hydrogen-bond acceptors (Lipinski definition) is 4. The van der Waals surface area contributed by atoms with Crippen LogP contribution in [0.15, 0.2) is 41.3 Å². The summed E-state index contributed by atoms with van der Waals surface area (Å²) in [6, 6.07) is 9.22. The molecule has 1 aliphatic rings. The van der Waals surface area contributed by atoms with Gasteiger partial charge in [0.05, 0.1) is 23.7 Å². The normalized spacial score (nSPS) is 17.6. The summed E-state index contributed by atoms with van der Waals surface area (Å²) in [5, 5.41) is 7.52. The fourth-order valence-corrected chi connectivity index (χ4v) is 2.74. The predicted octanol–water partition coefficient (Wildman–Crippen LogP) is 2.87. The largest absolute Gasteiger partial charge is 0.382 e. The van der Waals surface area contributed by atoms with Gasteiger partial charge >= 0.3 is 0 Å². The summed E-state index contributed by atoms with van der Waals surface area (Å²) >= 11 is 6.18. The minimum Gasteiger partial charge on any atom is -0.382 e. The van der Waals surface area contributed by atoms with Crippen LogP contribution in [0.4, 0.5) is 5.69 Å². The molecule has 0 spiro atoms. The standard InChI is InChI=1S/C16H18ClN3O2/c17-15-14(18-9-8-13-7-4-10-22-13)11-19-20(16(15)21)12-5-2-1-3-6-12/h1-3,5-6,11,13,18H,4,7-10H2/t13-/m1/s1. The van der Waals surface area contributed by atoms with Crippen LogP contribution in [0, 0.1) is 0 Å². The molecule has 1 N–H and O–H groups in total. The van der Waals surface area contributed by atoms with Gasteiger partial charge in [-0.2, -0.15) is 9.78 Å². The fraction of sp³-hybridized carbons (Fsp3) is 0.375. The number of nitrogens with zero attached hydrogens (tertiary/aromatic N) is 2. The van der Waals surface area contributed by atoms with E-state index in [1.165, 1.54) is 4.68 Å². The van der Waals surface area contributed by atoms with E-state index in [4.69, 9.17) is 16.3 Å². The van der Waals surface area contributed by atoms with Gasteiger partial charge in [-0.15, -0.1) is 0 Å². The van der Waals surface area contributed by atoms with Crippen LogP contribution in [0.25, 0.3) is 5.69 Å². The molecule has 0 bridgehead atoms. The zero-order chi connectivity index (χ0) is 15.4. The molecule has 6 heteroatoms. The van der Waals surface area contributed by atoms with Gasteiger partial charge in [-0.25, -0.2) is 0 Å². The maximum absolute atomic E-state index is 12.3. The molecule has 1 atom stereocenters. The summed E-state index contributed by atoms with van der Waals surface area (Å²) in [4.78, 5) is 12.3. The molecule has 2 heterocycles. The van der Waals surface area contributed by atoms with Gasteiger partial charge in [0.2, 0.25) is 0 Å². The average Bonchev–Trinajstić information content (AvgIpc) is 3.06. The second-order valence-electron chi connectivity index (χ2n) is 5.28. The Morgan fingerprint density at radius 2 is 2.18 bits per heavy atom. The molecule has 0 aliphatic carbocycles. The number of anilines is 1. The Kier molecular flexibility index (Phi) is 4.75. The number of halogens is 1. The molecule has 0 unspecified atom stereocenters. The lowest BCUT2D eigenvalue weighted by atomic mass is 10.2. The first kappa shape index (κ1) is 15.1. The average molecular weight is 320 g/mol. The molecule has 1 aliphatic heterocycles. The van der Waals surface area contributed by atoms with Gasteiger partial charge in [0, 0.05) is 13.2 Å². The highest BCUT2D eigenvalue weighted by molar-refractivity contribution is 6.32. The number of aromatic nitrogens is 2. The van der Waals surface area contributed by atoms with Crippen LogP contribution >= 0.6 is 11.6 Å². The molecule has 0 amide bonds. The molecule has 5 nitrogen and oxygen atoms in total. The quantitative estimate of drug-likeness (QED) is 0.920. The molecular formula is C16H18ClN3O2. The van der Waals surface area contributed by atoms with Gasteiger partial charge < -0.3 is 10.1 Å². The molecule has 1 saturated heterocycles. The minimum absolute atomic E-state index is 0.159. The summed E-state index contributed by atoms with van der Waals surface area (Å²) in [5.74, 6) is 0. The van der Waals surface area contributed by atoms with Crippen LogP contribution in [0.3, 0.4) is 0 Å². The lowest BCUT2D eigenvalue weighted by Crippen LogP contribution is -2.23. The van der Waals surface area contributed by atoms with Crippen molar-refractivity contribution in [1.29, 1.82) is 0 Å². The summed E-state index contributed by atoms with van der Waals surface area (Å²) in [5.41, 5.74) is 0.937. The van der Waals surface area contributed by atoms with E-state index < -0.39 is 0 Å². The van der Waals surface area contributed by atoms with Crippen molar-refractivity contribution in [2.24, 2.45) is 0 Å². The number of nitrogens with one attached hydrogen (secondary N) is 1. The molecule has 1 aromatic carbocycles. The van der Waals surface area contributed by atoms with E-state index in [-0.39, 0.29) is 10.6 Å². The lowest BCUT2D eigenvalue weighted by molar-refractivity contribution is 0.107. The highest BCUT2D eigenvalue weighted by atomic mass is 35.5. The number of hydrogen-bond donors (Lipinski definition) is 1. The van der Waals surface area contributed by atoms with Gasteiger partial charge in [0.25, 0.3) is 5.56 Å². The number of benzene rings is 1. The monoisotopic (exact) mass is 319 g/mol. The van der Waals surface area contributed by atoms with Crippen molar-refractivity contribution in [2.75, 3.05) is 18.5 Å². The Bertz CT molecular complexity index is 682. The minimum atomic E-state index is -0.324. The van der Waals surface area contributed by atoms with Crippen LogP contribution in [0.1, 0.15) is 19.3 Å². The molecule has 1 fully saturated rings. The summed E-state index contributed by atoms with van der Waals surface area (Å²) in [6.07, 6.45) is 5.03. The Labute approximate surface area is 133 Å². The summed E-state index contributed by atoms with van der Waals surface area (Å²) < 4.78 is 6.87. The van der Waals surface area contributed by atoms with Gasteiger partial charge in [-0.3, -0.25) is 4.79 Å². The highest BCUT2D eigenvalue weighted by Crippen LogP contribution is 2.19. The first-order valence-electron chi connectivity index (χ1n) is 7.44. The third-order valence-electron chi connectivity index (χ3n) is 3.73. The van der Waals surface area contributed by atoms with Crippen molar-refractivity contribution in [3.8, 4) is 5.69 Å². The van der Waals surface area contributed by atoms with Crippen LogP contribution < -0.4 is 10.9 Å². The molecule has 2 aromatic rings. The smallest absolute Gasteiger partial charge is 0.292 e. The molecule has 0 radical (unpaired) electrons. The van der Waals surface area contributed by atoms with Crippen LogP contribution in [0.2, 0.25) is 5.02 Å². The number of rotatable bonds is 5. The molecule has 0 saturated carbocycles. The summed E-state index contributed by atoms with van der Waals surface area (Å²) in [7, 11) is 0. The van der Waals surface area contributed by atoms with E-state index in [2.05, 4.69) is 10.4 Å². The van der Waals surface area contributed by atoms with Gasteiger partial charge in [-0.1, -0.05) is 29.8 Å². The van der Waals surface area contributed by atoms with Crippen molar-refractivity contribution in [1.82, 2.24) is 9.78 Å². The van der Waals surface area contributed by atoms with Gasteiger partial charge in [0.1, 0.15) is 5.02 Å². The lowest BCUT2D eigenvalue weighted by Gasteiger charge is -2.12. The van der Waals surface area contributed by atoms with Gasteiger partial charge in [-0.05, 0) is 31.4 Å². The van der Waals surface area contributed by atoms with Crippen molar-refractivity contribution in [2.45, 2.75) is 25.4 Å². The van der Waals surface area contributed by atoms with E-state index in [0.717, 1.165) is 25.9 Å². The number of ether oxygens (including phenoxy) is 1. The third-order valence-corrected chi connectivity index (χ3v) is 4.09. The predicted molar refractivity (Wildman–Crippen MR) is 86.9 cm³/mol. The second kappa shape index (κ2) is 6.94. The Morgan fingerprint density at radius 1 is 1.36 bits per heavy atom. The van der Waals surface area contributed by atoms with E-state index in [1.54, 1.807) is 6.20 Å². The SMILES string of the molecule is O=c1c(Cl)c(NCC[C@H]2CCCO2)cnn1-c1ccccc1. The van der Waals surface area contributed by atoms with Crippen LogP contribution in [-0.2, 0) is 4.74 Å². The van der Waals surface area contributed by atoms with Crippen molar-refractivity contribution < 1.29 is 4.74 Å². The fourth-order valence-electron chi connectivity index (χ4n) is 2.55. The van der Waals surface area contributed by atoms with Crippen LogP contribution in [-0.4, -0.2) is 29.0 Å². The van der Waals surface area contributed by atoms with Crippen molar-refractivity contribution >= 4 is 17.3 Å². The van der Waals surface area contributed by atoms with Crippen molar-refractivity contribution in [3.05, 3.63) is 51.9 Å². The molecule has 3 rings (SSSR count). The van der Waals surface area contributed by atoms with Gasteiger partial charge in [0.15, 0.2) is 0 Å². The van der Waals surface area contributed by atoms with Crippen LogP contribution in [0.5, 0.6) is 0 Å². The Morgan fingerprint density at radius 3 is 2.91 bits per heavy atom. The van der Waals surface area contributed by atoms with E-state index in [9.17, 15) is 4.79 Å². The summed E-state index contributed by atoms with van der Waals surface area (Å²) in [6.45, 7) is 1.56. The third kappa shape index (κ3) is 3.31. The van der Waals surface area contributed by atoms with E-state index in [1.807, 2.05) is 30.3 Å². The Balaban J connectivity index is 1.71. The zero-order valence-corrected chi connectivity index (χ0v) is 12.9. The molecular weight excluding hydrogens is 302 g/mol. The zero-order valence-electron chi connectivity index (χ0n) is 12.2. The maximum atomic E-state index is 12.3. The van der Waals surface area contributed by atoms with E-state index in [0.29, 0.717) is 24.0 Å². The van der Waals surface area contributed by atoms with E-state index >= 15 is 0 Å². The Hall–Kier alpha value is -1.85. The molecule has 1 aromatic heterocycles. The number of para-hydroxylation sites is 1. The molecule has 116 valence electrons. The first-order chi connectivity index (χ1) is 10.8. The highest BCUT2D eigenvalue weighted by Gasteiger charge is 2.15. The first-order valence-corrected chi connectivity index (χ1v) is 7.82. The van der Waals surface area contributed by atoms with Crippen molar-refractivity contribution in [3.63, 3.8) is 0 Å². The maximum Gasteiger partial charge on any atom is 0.292 e. The topological polar surface area (TPSA) is 56.1 Å². The second-order valence-corrected chi connectivity index (χ2v) is 5.65.